The van der Waals surface area contributed by atoms with E-state index in [1.807, 2.05) is 60.7 Å². The molecule has 1 heterocycles. The van der Waals surface area contributed by atoms with Crippen LogP contribution in [-0.2, 0) is 0 Å². The maximum atomic E-state index is 9.37. The average Bonchev–Trinajstić information content (AvgIpc) is 3.21. The van der Waals surface area contributed by atoms with Crippen LogP contribution in [0.1, 0.15) is 12.3 Å². The Morgan fingerprint density at radius 3 is 2.02 bits per heavy atom. The van der Waals surface area contributed by atoms with Crippen LogP contribution in [0.5, 0.6) is 11.5 Å². The van der Waals surface area contributed by atoms with Gasteiger partial charge in [-0.25, -0.2) is 0 Å². The largest absolute Gasteiger partial charge is 0.456 e. The Balaban J connectivity index is 1.17. The number of ether oxygens (including phenoxy) is 1. The summed E-state index contributed by atoms with van der Waals surface area (Å²) in [6.45, 7) is 0. The van der Waals surface area contributed by atoms with Gasteiger partial charge in [-0.1, -0.05) is 133 Å². The van der Waals surface area contributed by atoms with Gasteiger partial charge in [-0.15, -0.1) is 0 Å². The van der Waals surface area contributed by atoms with Crippen molar-refractivity contribution in [3.05, 3.63) is 158 Å². The minimum atomic E-state index is -0.492. The van der Waals surface area contributed by atoms with Gasteiger partial charge in [0.25, 0.3) is 0 Å². The molecule has 0 saturated carbocycles. The minimum Gasteiger partial charge on any atom is -0.456 e. The third-order valence-corrected chi connectivity index (χ3v) is 9.64. The predicted molar refractivity (Wildman–Crippen MR) is 199 cm³/mol. The molecule has 47 heavy (non-hydrogen) atoms. The number of rotatable bonds is 2. The molecule has 1 nitrogen and oxygen atoms in total. The summed E-state index contributed by atoms with van der Waals surface area (Å²) < 4.78 is 87.1. The average molecular weight is 604 g/mol. The van der Waals surface area contributed by atoms with Gasteiger partial charge >= 0.3 is 0 Å². The van der Waals surface area contributed by atoms with Crippen molar-refractivity contribution in [2.45, 2.75) is 0 Å². The van der Waals surface area contributed by atoms with E-state index < -0.39 is 24.2 Å². The maximum absolute atomic E-state index is 9.37. The Kier molecular flexibility index (Phi) is 3.54. The fourth-order valence-corrected chi connectivity index (χ4v) is 7.49. The van der Waals surface area contributed by atoms with E-state index in [0.717, 1.165) is 66.1 Å². The lowest BCUT2D eigenvalue weighted by Crippen LogP contribution is -1.98. The first-order chi connectivity index (χ1) is 27.0. The molecular weight excluding hydrogens is 569 g/mol. The highest BCUT2D eigenvalue weighted by molar-refractivity contribution is 6.26. The first kappa shape index (κ1) is 18.1. The fraction of sp³-hybridized carbons (Fsp3) is 0. The summed E-state index contributed by atoms with van der Waals surface area (Å²) in [4.78, 5) is 0. The van der Waals surface area contributed by atoms with Gasteiger partial charge in [0.05, 0.1) is 12.3 Å². The Hall–Kier alpha value is -6.18. The molecule has 0 saturated heterocycles. The van der Waals surface area contributed by atoms with Gasteiger partial charge in [-0.2, -0.15) is 0 Å². The van der Waals surface area contributed by atoms with Crippen molar-refractivity contribution in [3.8, 4) is 44.9 Å². The molecule has 216 valence electrons. The lowest BCUT2D eigenvalue weighted by molar-refractivity contribution is 0.488. The molecule has 0 unspecified atom stereocenters. The van der Waals surface area contributed by atoms with Gasteiger partial charge in [0.1, 0.15) is 11.5 Å². The van der Waals surface area contributed by atoms with E-state index in [4.69, 9.17) is 13.0 Å². The Morgan fingerprint density at radius 1 is 0.362 bits per heavy atom. The van der Waals surface area contributed by atoms with Gasteiger partial charge < -0.3 is 4.74 Å². The topological polar surface area (TPSA) is 9.23 Å². The van der Waals surface area contributed by atoms with Gasteiger partial charge in [0, 0.05) is 10.9 Å². The van der Waals surface area contributed by atoms with Gasteiger partial charge in [0.2, 0.25) is 0 Å². The highest BCUT2D eigenvalue weighted by Gasteiger charge is 2.22. The summed E-state index contributed by atoms with van der Waals surface area (Å²) in [6, 6.07) is 31.2. The minimum absolute atomic E-state index is 0.0388. The Morgan fingerprint density at radius 2 is 1.09 bits per heavy atom. The molecule has 0 N–H and O–H groups in total. The molecule has 0 aromatic heterocycles. The molecule has 0 fully saturated rings. The summed E-state index contributed by atoms with van der Waals surface area (Å²) in [7, 11) is 0. The van der Waals surface area contributed by atoms with Gasteiger partial charge in [-0.05, 0) is 111 Å². The molecule has 1 heteroatoms. The van der Waals surface area contributed by atoms with Gasteiger partial charge in [-0.3, -0.25) is 0 Å². The Bertz CT molecular complexity index is 3420. The second-order valence-corrected chi connectivity index (χ2v) is 12.1. The smallest absolute Gasteiger partial charge is 0.136 e. The molecule has 1 aliphatic heterocycles. The molecule has 0 radical (unpaired) electrons. The van der Waals surface area contributed by atoms with Crippen LogP contribution >= 0.6 is 0 Å². The maximum Gasteiger partial charge on any atom is 0.136 e. The molecule has 11 rings (SSSR count). The number of benzene rings is 10. The molecule has 0 atom stereocenters. The van der Waals surface area contributed by atoms with Crippen molar-refractivity contribution in [1.82, 2.24) is 0 Å². The molecule has 0 amide bonds. The molecule has 0 aliphatic carbocycles. The molecule has 10 aromatic rings. The first-order valence-electron chi connectivity index (χ1n) is 20.0. The third-order valence-electron chi connectivity index (χ3n) is 9.64. The van der Waals surface area contributed by atoms with Crippen LogP contribution in [0.3, 0.4) is 0 Å². The van der Waals surface area contributed by atoms with Crippen molar-refractivity contribution < 1.29 is 17.1 Å². The summed E-state index contributed by atoms with van der Waals surface area (Å²) in [6.07, 6.45) is 0. The summed E-state index contributed by atoms with van der Waals surface area (Å²) in [5.41, 5.74) is 4.64. The highest BCUT2D eigenvalue weighted by Crippen LogP contribution is 2.50. The van der Waals surface area contributed by atoms with E-state index in [1.165, 1.54) is 0 Å². The van der Waals surface area contributed by atoms with Crippen LogP contribution in [0.25, 0.3) is 98.0 Å². The number of hydrogen-bond donors (Lipinski definition) is 0. The van der Waals surface area contributed by atoms with Crippen molar-refractivity contribution in [1.29, 1.82) is 0 Å². The fourth-order valence-electron chi connectivity index (χ4n) is 7.49. The number of hydrogen-bond acceptors (Lipinski definition) is 1. The zero-order chi connectivity index (χ0) is 38.5. The van der Waals surface area contributed by atoms with E-state index in [0.29, 0.717) is 5.56 Å². The lowest BCUT2D eigenvalue weighted by Gasteiger charge is -2.23. The van der Waals surface area contributed by atoms with Crippen molar-refractivity contribution in [2.24, 2.45) is 0 Å². The standard InChI is InChI=1S/C46H26O/c1-2-10-34-33(6-1)26-43-46-37(34)12-5-13-38(46)41-25-32(20-23-42(41)47-43)31-17-14-27-7-4-11-35(40(27)24-31)36-21-18-30-16-15-28-8-3-9-29-19-22-39(36)45(30)44(28)29/h1-26H/i3D,8D,9D,15D,16D,18D,19D,21D,22D. The third kappa shape index (κ3) is 3.49. The van der Waals surface area contributed by atoms with Crippen LogP contribution in [0, 0.1) is 0 Å². The van der Waals surface area contributed by atoms with Crippen LogP contribution in [0.15, 0.2) is 158 Å². The van der Waals surface area contributed by atoms with E-state index in [-0.39, 0.29) is 68.1 Å². The van der Waals surface area contributed by atoms with E-state index in [2.05, 4.69) is 42.5 Å². The van der Waals surface area contributed by atoms with Crippen LogP contribution in [0.2, 0.25) is 0 Å². The lowest BCUT2D eigenvalue weighted by atomic mass is 9.87. The monoisotopic (exact) mass is 603 g/mol. The van der Waals surface area contributed by atoms with E-state index >= 15 is 0 Å². The van der Waals surface area contributed by atoms with E-state index in [1.54, 1.807) is 0 Å². The molecular formula is C46H26O. The summed E-state index contributed by atoms with van der Waals surface area (Å²) in [5.74, 6) is 1.57. The van der Waals surface area contributed by atoms with Crippen molar-refractivity contribution in [3.63, 3.8) is 0 Å². The SMILES string of the molecule is [2H]c1c([2H])c2c([2H])c([2H])c3c([2H])c([2H])c(-c4cccc5ccc(-c6ccc7c(c6)-c6cccc8c6c(cc6ccccc68)O7)cc45)c4c([2H])c([2H])c(c1[2H])c2c34. The zero-order valence-corrected chi connectivity index (χ0v) is 24.7. The summed E-state index contributed by atoms with van der Waals surface area (Å²) in [5, 5.41) is 6.35. The second-order valence-electron chi connectivity index (χ2n) is 12.1. The van der Waals surface area contributed by atoms with Crippen molar-refractivity contribution >= 4 is 64.6 Å². The number of fused-ring (bicyclic) bond motifs is 5. The quantitative estimate of drug-likeness (QED) is 0.179. The second kappa shape index (κ2) is 9.19. The van der Waals surface area contributed by atoms with Gasteiger partial charge in [0.15, 0.2) is 0 Å². The predicted octanol–water partition coefficient (Wildman–Crippen LogP) is 13.2. The molecule has 0 bridgehead atoms. The normalized spacial score (nSPS) is 15.1. The van der Waals surface area contributed by atoms with Crippen molar-refractivity contribution in [2.75, 3.05) is 0 Å². The zero-order valence-electron chi connectivity index (χ0n) is 33.7. The molecule has 10 aromatic carbocycles. The van der Waals surface area contributed by atoms with Crippen LogP contribution < -0.4 is 4.74 Å². The van der Waals surface area contributed by atoms with E-state index in [9.17, 15) is 4.11 Å². The van der Waals surface area contributed by atoms with Crippen LogP contribution in [-0.4, -0.2) is 0 Å². The first-order valence-corrected chi connectivity index (χ1v) is 15.5. The highest BCUT2D eigenvalue weighted by atomic mass is 16.5. The molecule has 1 aliphatic rings. The Labute approximate surface area is 283 Å². The summed E-state index contributed by atoms with van der Waals surface area (Å²) >= 11 is 0. The molecule has 0 spiro atoms. The van der Waals surface area contributed by atoms with Crippen LogP contribution in [0.4, 0.5) is 0 Å².